The van der Waals surface area contributed by atoms with Crippen molar-refractivity contribution < 1.29 is 14.2 Å². The zero-order chi connectivity index (χ0) is 19.1. The fourth-order valence-electron chi connectivity index (χ4n) is 3.43. The smallest absolute Gasteiger partial charge is 0.231 e. The Kier molecular flexibility index (Phi) is 8.94. The summed E-state index contributed by atoms with van der Waals surface area (Å²) >= 11 is 0. The molecule has 0 saturated heterocycles. The van der Waals surface area contributed by atoms with Crippen LogP contribution in [0.2, 0.25) is 0 Å². The number of fused-ring (bicyclic) bond motifs is 1. The first-order chi connectivity index (χ1) is 13.2. The van der Waals surface area contributed by atoms with Gasteiger partial charge in [-0.2, -0.15) is 0 Å². The van der Waals surface area contributed by atoms with Gasteiger partial charge in [-0.25, -0.2) is 0 Å². The van der Waals surface area contributed by atoms with Gasteiger partial charge >= 0.3 is 0 Å². The monoisotopic (exact) mass is 405 g/mol. The molecule has 154 valence electrons. The molecule has 2 aromatic rings. The summed E-state index contributed by atoms with van der Waals surface area (Å²) in [4.78, 5) is 0. The molecule has 0 aliphatic carbocycles. The summed E-state index contributed by atoms with van der Waals surface area (Å²) in [6.45, 7) is 6.78. The molecule has 1 N–H and O–H groups in total. The van der Waals surface area contributed by atoms with Crippen molar-refractivity contribution in [3.8, 4) is 17.2 Å². The first-order valence-corrected chi connectivity index (χ1v) is 9.89. The Bertz CT molecular complexity index is 718. The van der Waals surface area contributed by atoms with Gasteiger partial charge in [0.1, 0.15) is 5.75 Å². The van der Waals surface area contributed by atoms with Crippen molar-refractivity contribution in [1.29, 1.82) is 0 Å². The number of halogens is 1. The van der Waals surface area contributed by atoms with E-state index < -0.39 is 0 Å². The topological polar surface area (TPSA) is 39.7 Å². The largest absolute Gasteiger partial charge is 0.497 e. The van der Waals surface area contributed by atoms with E-state index >= 15 is 0 Å². The number of rotatable bonds is 10. The van der Waals surface area contributed by atoms with Crippen LogP contribution < -0.4 is 19.5 Å². The lowest BCUT2D eigenvalue weighted by Crippen LogP contribution is -2.17. The van der Waals surface area contributed by atoms with E-state index in [-0.39, 0.29) is 12.4 Å². The average molecular weight is 406 g/mol. The van der Waals surface area contributed by atoms with Gasteiger partial charge in [-0.05, 0) is 66.6 Å². The Hall–Kier alpha value is -1.91. The molecule has 1 aliphatic heterocycles. The molecule has 0 bridgehead atoms. The van der Waals surface area contributed by atoms with Crippen LogP contribution >= 0.6 is 12.4 Å². The first-order valence-electron chi connectivity index (χ1n) is 9.89. The van der Waals surface area contributed by atoms with E-state index in [1.165, 1.54) is 24.0 Å². The van der Waals surface area contributed by atoms with Crippen LogP contribution in [0.1, 0.15) is 50.2 Å². The summed E-state index contributed by atoms with van der Waals surface area (Å²) in [7, 11) is 1.70. The van der Waals surface area contributed by atoms with Crippen LogP contribution in [-0.2, 0) is 6.54 Å². The molecule has 2 aromatic carbocycles. The molecule has 1 aliphatic rings. The van der Waals surface area contributed by atoms with Gasteiger partial charge < -0.3 is 19.5 Å². The number of methoxy groups -OCH3 is 1. The van der Waals surface area contributed by atoms with Crippen molar-refractivity contribution in [1.82, 2.24) is 5.32 Å². The van der Waals surface area contributed by atoms with Gasteiger partial charge in [-0.15, -0.1) is 12.4 Å². The van der Waals surface area contributed by atoms with Gasteiger partial charge in [0.15, 0.2) is 11.5 Å². The van der Waals surface area contributed by atoms with Crippen LogP contribution in [0.4, 0.5) is 0 Å². The van der Waals surface area contributed by atoms with Crippen molar-refractivity contribution in [3.05, 3.63) is 53.6 Å². The predicted molar refractivity (Wildman–Crippen MR) is 116 cm³/mol. The second-order valence-electron chi connectivity index (χ2n) is 7.59. The van der Waals surface area contributed by atoms with Crippen LogP contribution in [0, 0.1) is 5.92 Å². The molecule has 0 saturated carbocycles. The zero-order valence-electron chi connectivity index (χ0n) is 17.1. The van der Waals surface area contributed by atoms with Crippen LogP contribution in [0.5, 0.6) is 17.2 Å². The van der Waals surface area contributed by atoms with E-state index in [9.17, 15) is 0 Å². The quantitative estimate of drug-likeness (QED) is 0.526. The minimum absolute atomic E-state index is 0. The maximum absolute atomic E-state index is 5.57. The molecule has 1 atom stereocenters. The fraction of sp³-hybridized carbons (Fsp3) is 0.478. The minimum atomic E-state index is 0. The molecule has 5 heteroatoms. The highest BCUT2D eigenvalue weighted by atomic mass is 35.5. The molecule has 1 heterocycles. The molecule has 0 radical (unpaired) electrons. The molecular weight excluding hydrogens is 374 g/mol. The third-order valence-electron chi connectivity index (χ3n) is 5.12. The molecule has 0 fully saturated rings. The van der Waals surface area contributed by atoms with E-state index in [1.54, 1.807) is 7.11 Å². The predicted octanol–water partition coefficient (Wildman–Crippen LogP) is 5.55. The molecule has 0 amide bonds. The maximum atomic E-state index is 5.57. The lowest BCUT2D eigenvalue weighted by Gasteiger charge is -2.19. The Morgan fingerprint density at radius 2 is 1.71 bits per heavy atom. The normalized spacial score (nSPS) is 13.3. The van der Waals surface area contributed by atoms with Gasteiger partial charge in [-0.1, -0.05) is 38.5 Å². The van der Waals surface area contributed by atoms with Crippen LogP contribution in [0.15, 0.2) is 42.5 Å². The Morgan fingerprint density at radius 1 is 0.964 bits per heavy atom. The second-order valence-corrected chi connectivity index (χ2v) is 7.59. The first kappa shape index (κ1) is 22.4. The molecule has 0 spiro atoms. The summed E-state index contributed by atoms with van der Waals surface area (Å²) in [6, 6.07) is 14.6. The minimum Gasteiger partial charge on any atom is -0.497 e. The summed E-state index contributed by atoms with van der Waals surface area (Å²) in [6.07, 6.45) is 3.54. The van der Waals surface area contributed by atoms with Gasteiger partial charge in [-0.3, -0.25) is 0 Å². The molecule has 4 nitrogen and oxygen atoms in total. The SMILES string of the molecule is COc1ccc(CNCCC(CCC(C)C)c2ccc3c(c2)OCO3)cc1.Cl. The maximum Gasteiger partial charge on any atom is 0.231 e. The van der Waals surface area contributed by atoms with Crippen LogP contribution in [0.3, 0.4) is 0 Å². The third kappa shape index (κ3) is 6.32. The zero-order valence-corrected chi connectivity index (χ0v) is 17.9. The Balaban J connectivity index is 0.00000280. The Labute approximate surface area is 175 Å². The number of hydrogen-bond donors (Lipinski definition) is 1. The summed E-state index contributed by atoms with van der Waals surface area (Å²) < 4.78 is 16.2. The third-order valence-corrected chi connectivity index (χ3v) is 5.12. The van der Waals surface area contributed by atoms with Crippen molar-refractivity contribution in [3.63, 3.8) is 0 Å². The number of benzene rings is 2. The molecule has 0 aromatic heterocycles. The number of hydrogen-bond acceptors (Lipinski definition) is 4. The highest BCUT2D eigenvalue weighted by Gasteiger charge is 2.18. The molecule has 28 heavy (non-hydrogen) atoms. The second kappa shape index (κ2) is 11.2. The highest BCUT2D eigenvalue weighted by molar-refractivity contribution is 5.85. The standard InChI is InChI=1S/C23H31NO3.ClH/c1-17(2)4-7-19(20-8-11-22-23(14-20)27-16-26-22)12-13-24-15-18-5-9-21(25-3)10-6-18;/h5-6,8-11,14,17,19,24H,4,7,12-13,15-16H2,1-3H3;1H. The van der Waals surface area contributed by atoms with E-state index in [4.69, 9.17) is 14.2 Å². The lowest BCUT2D eigenvalue weighted by molar-refractivity contribution is 0.174. The lowest BCUT2D eigenvalue weighted by atomic mass is 9.88. The van der Waals surface area contributed by atoms with Crippen molar-refractivity contribution in [2.45, 2.75) is 45.6 Å². The van der Waals surface area contributed by atoms with E-state index in [2.05, 4.69) is 43.4 Å². The average Bonchev–Trinajstić information content (AvgIpc) is 3.15. The van der Waals surface area contributed by atoms with E-state index in [0.29, 0.717) is 18.6 Å². The highest BCUT2D eigenvalue weighted by Crippen LogP contribution is 2.37. The summed E-state index contributed by atoms with van der Waals surface area (Å²) in [5, 5.41) is 3.58. The van der Waals surface area contributed by atoms with Gasteiger partial charge in [0.25, 0.3) is 0 Å². The van der Waals surface area contributed by atoms with Gasteiger partial charge in [0, 0.05) is 6.54 Å². The van der Waals surface area contributed by atoms with Crippen LogP contribution in [0.25, 0.3) is 0 Å². The number of ether oxygens (including phenoxy) is 3. The molecule has 1 unspecified atom stereocenters. The summed E-state index contributed by atoms with van der Waals surface area (Å²) in [5.41, 5.74) is 2.63. The number of nitrogens with one attached hydrogen (secondary N) is 1. The molecular formula is C23H32ClNO3. The van der Waals surface area contributed by atoms with E-state index in [0.717, 1.165) is 36.8 Å². The van der Waals surface area contributed by atoms with Gasteiger partial charge in [0.2, 0.25) is 6.79 Å². The van der Waals surface area contributed by atoms with E-state index in [1.807, 2.05) is 18.2 Å². The summed E-state index contributed by atoms with van der Waals surface area (Å²) in [5.74, 6) is 3.89. The molecule has 3 rings (SSSR count). The van der Waals surface area contributed by atoms with Crippen molar-refractivity contribution in [2.24, 2.45) is 5.92 Å². The van der Waals surface area contributed by atoms with Gasteiger partial charge in [0.05, 0.1) is 7.11 Å². The van der Waals surface area contributed by atoms with Crippen LogP contribution in [-0.4, -0.2) is 20.4 Å². The van der Waals surface area contributed by atoms with Crippen molar-refractivity contribution in [2.75, 3.05) is 20.4 Å². The van der Waals surface area contributed by atoms with Crippen molar-refractivity contribution >= 4 is 12.4 Å². The fourth-order valence-corrected chi connectivity index (χ4v) is 3.43. The Morgan fingerprint density at radius 3 is 2.43 bits per heavy atom.